The van der Waals surface area contributed by atoms with E-state index < -0.39 is 17.1 Å². The van der Waals surface area contributed by atoms with E-state index in [4.69, 9.17) is 16.0 Å². The Hall–Kier alpha value is -4.62. The number of rotatable bonds is 9. The summed E-state index contributed by atoms with van der Waals surface area (Å²) in [7, 11) is 0. The van der Waals surface area contributed by atoms with E-state index >= 15 is 0 Å². The molecular weight excluding hydrogens is 506 g/mol. The summed E-state index contributed by atoms with van der Waals surface area (Å²) in [6.07, 6.45) is 3.63. The van der Waals surface area contributed by atoms with E-state index in [0.717, 1.165) is 52.9 Å². The van der Waals surface area contributed by atoms with E-state index in [-0.39, 0.29) is 6.04 Å². The first-order valence-corrected chi connectivity index (χ1v) is 13.4. The molecule has 0 bridgehead atoms. The molecule has 2 aromatic carbocycles. The van der Waals surface area contributed by atoms with Gasteiger partial charge in [-0.3, -0.25) is 4.79 Å². The lowest BCUT2D eigenvalue weighted by molar-refractivity contribution is 0.1000. The minimum Gasteiger partial charge on any atom is -0.399 e. The number of aromatic nitrogens is 2. The lowest BCUT2D eigenvalue weighted by Gasteiger charge is -2.35. The summed E-state index contributed by atoms with van der Waals surface area (Å²) in [4.78, 5) is 30.6. The van der Waals surface area contributed by atoms with Crippen LogP contribution in [0.4, 0.5) is 0 Å². The molecule has 2 heterocycles. The Kier molecular flexibility index (Phi) is 7.32. The van der Waals surface area contributed by atoms with Gasteiger partial charge in [0.15, 0.2) is 5.82 Å². The van der Waals surface area contributed by atoms with Crippen LogP contribution in [0.25, 0.3) is 5.70 Å². The van der Waals surface area contributed by atoms with Gasteiger partial charge in [-0.1, -0.05) is 31.4 Å². The smallest absolute Gasteiger partial charge is 0.399 e. The fourth-order valence-corrected chi connectivity index (χ4v) is 6.15. The minimum atomic E-state index is -0.908. The van der Waals surface area contributed by atoms with Crippen molar-refractivity contribution >= 4 is 11.6 Å². The number of fused-ring (bicyclic) bond motifs is 2. The summed E-state index contributed by atoms with van der Waals surface area (Å²) in [5, 5.41) is 15.7. The van der Waals surface area contributed by atoms with E-state index in [0.29, 0.717) is 49.4 Å². The van der Waals surface area contributed by atoms with Gasteiger partial charge in [0.2, 0.25) is 5.91 Å². The van der Waals surface area contributed by atoms with Crippen molar-refractivity contribution in [3.05, 3.63) is 105 Å². The molecule has 1 fully saturated rings. The van der Waals surface area contributed by atoms with Crippen LogP contribution in [0.2, 0.25) is 0 Å². The predicted octanol–water partition coefficient (Wildman–Crippen LogP) is 2.31. The van der Waals surface area contributed by atoms with Crippen molar-refractivity contribution in [1.82, 2.24) is 20.4 Å². The van der Waals surface area contributed by atoms with Gasteiger partial charge in [0.05, 0.1) is 11.5 Å². The van der Waals surface area contributed by atoms with Crippen LogP contribution in [0.1, 0.15) is 63.3 Å². The molecule has 0 saturated carbocycles. The summed E-state index contributed by atoms with van der Waals surface area (Å²) in [6.45, 7) is 9.97. The fourth-order valence-electron chi connectivity index (χ4n) is 6.15. The Balaban J connectivity index is 1.58. The molecule has 40 heavy (non-hydrogen) atoms. The highest BCUT2D eigenvalue weighted by molar-refractivity contribution is 5.93. The summed E-state index contributed by atoms with van der Waals surface area (Å²) in [6, 6.07) is 13.6. The number of benzene rings is 2. The van der Waals surface area contributed by atoms with Crippen molar-refractivity contribution in [1.29, 1.82) is 5.26 Å². The fraction of sp³-hybridized carbons (Fsp3) is 0.333. The van der Waals surface area contributed by atoms with Gasteiger partial charge in [-0.2, -0.15) is 10.2 Å². The number of hydrogen-bond acceptors (Lipinski definition) is 8. The number of nitrogens with one attached hydrogen (secondary N) is 2. The monoisotopic (exact) mass is 539 g/mol. The molecule has 0 radical (unpaired) electrons. The minimum absolute atomic E-state index is 0.146. The number of hydrogen-bond donors (Lipinski definition) is 4. The molecule has 3 aromatic rings. The Bertz CT molecular complexity index is 1510. The molecule has 1 aromatic heterocycles. The van der Waals surface area contributed by atoms with Gasteiger partial charge in [0, 0.05) is 30.0 Å². The lowest BCUT2D eigenvalue weighted by atomic mass is 9.69. The standard InChI is InChI=1S/C30H33N7O3/c1-18(37-13-3-4-24(37)16-31)17-34-12-11-30(28-35-29(39)40-36-28)25-9-7-20(19(2)32)14-21(25)5-6-22-15-23(27(33)38)8-10-26(22)30/h7-10,14-15,24,34H,1-6,11-13,17,32H2,(H2,33,38)(H,35,36,39). The Morgan fingerprint density at radius 3 is 2.45 bits per heavy atom. The highest BCUT2D eigenvalue weighted by atomic mass is 16.5. The van der Waals surface area contributed by atoms with Crippen LogP contribution >= 0.6 is 0 Å². The number of carbonyl (C=O) groups is 1. The molecular formula is C30H33N7O3. The van der Waals surface area contributed by atoms with Crippen molar-refractivity contribution in [2.24, 2.45) is 11.5 Å². The van der Waals surface area contributed by atoms with Gasteiger partial charge in [-0.05, 0) is 84.7 Å². The van der Waals surface area contributed by atoms with Crippen molar-refractivity contribution in [3.8, 4) is 6.07 Å². The third-order valence-electron chi connectivity index (χ3n) is 8.11. The summed E-state index contributed by atoms with van der Waals surface area (Å²) in [5.74, 6) is -0.859. The quantitative estimate of drug-likeness (QED) is 0.301. The third kappa shape index (κ3) is 4.80. The Morgan fingerprint density at radius 1 is 1.18 bits per heavy atom. The van der Waals surface area contributed by atoms with E-state index in [1.807, 2.05) is 30.3 Å². The molecule has 1 saturated heterocycles. The molecule has 1 aliphatic heterocycles. The highest BCUT2D eigenvalue weighted by Crippen LogP contribution is 2.46. The van der Waals surface area contributed by atoms with E-state index in [2.05, 4.69) is 39.6 Å². The maximum absolute atomic E-state index is 12.2. The molecule has 1 amide bonds. The van der Waals surface area contributed by atoms with E-state index in [1.165, 1.54) is 0 Å². The molecule has 10 nitrogen and oxygen atoms in total. The number of H-pyrrole nitrogens is 1. The average Bonchev–Trinajstić information content (AvgIpc) is 3.58. The van der Waals surface area contributed by atoms with Crippen LogP contribution in [0.3, 0.4) is 0 Å². The maximum atomic E-state index is 12.2. The second-order valence-corrected chi connectivity index (χ2v) is 10.4. The van der Waals surface area contributed by atoms with Crippen LogP contribution in [-0.4, -0.2) is 46.6 Å². The van der Waals surface area contributed by atoms with Gasteiger partial charge in [0.1, 0.15) is 6.04 Å². The van der Waals surface area contributed by atoms with Gasteiger partial charge in [0.25, 0.3) is 0 Å². The molecule has 6 N–H and O–H groups in total. The average molecular weight is 540 g/mol. The van der Waals surface area contributed by atoms with Crippen LogP contribution in [0.5, 0.6) is 0 Å². The normalized spacial score (nSPS) is 19.8. The number of likely N-dealkylation sites (tertiary alicyclic amines) is 1. The summed E-state index contributed by atoms with van der Waals surface area (Å²) < 4.78 is 5.10. The summed E-state index contributed by atoms with van der Waals surface area (Å²) in [5.41, 5.74) is 17.1. The lowest BCUT2D eigenvalue weighted by Crippen LogP contribution is -2.38. The number of primary amides is 1. The number of nitrogens with zero attached hydrogens (tertiary/aromatic N) is 3. The predicted molar refractivity (Wildman–Crippen MR) is 151 cm³/mol. The SMILES string of the molecule is C=C(N)c1ccc2c(c1)CCc1cc(C(N)=O)ccc1C2(CCNCC(=C)N1CCCC1C#N)c1nc(=O)o[nH]1. The van der Waals surface area contributed by atoms with Crippen molar-refractivity contribution in [2.75, 3.05) is 19.6 Å². The molecule has 206 valence electrons. The number of nitriles is 1. The number of aromatic amines is 1. The van der Waals surface area contributed by atoms with Crippen LogP contribution in [-0.2, 0) is 18.3 Å². The molecule has 10 heteroatoms. The Morgan fingerprint density at radius 2 is 1.85 bits per heavy atom. The van der Waals surface area contributed by atoms with Crippen molar-refractivity contribution in [2.45, 2.75) is 43.6 Å². The second-order valence-electron chi connectivity index (χ2n) is 10.4. The maximum Gasteiger partial charge on any atom is 0.459 e. The molecule has 5 rings (SSSR count). The third-order valence-corrected chi connectivity index (χ3v) is 8.11. The topological polar surface area (TPSA) is 167 Å². The molecule has 1 aliphatic carbocycles. The second kappa shape index (κ2) is 10.9. The van der Waals surface area contributed by atoms with Gasteiger partial charge in [-0.25, -0.2) is 9.95 Å². The Labute approximate surface area is 232 Å². The zero-order valence-electron chi connectivity index (χ0n) is 22.3. The van der Waals surface area contributed by atoms with E-state index in [9.17, 15) is 14.9 Å². The van der Waals surface area contributed by atoms with E-state index in [1.54, 1.807) is 6.07 Å². The molecule has 2 atom stereocenters. The van der Waals surface area contributed by atoms with Crippen molar-refractivity contribution in [3.63, 3.8) is 0 Å². The number of carbonyl (C=O) groups excluding carboxylic acids is 1. The molecule has 0 spiro atoms. The zero-order chi connectivity index (χ0) is 28.4. The van der Waals surface area contributed by atoms with Crippen LogP contribution in [0, 0.1) is 11.3 Å². The molecule has 2 unspecified atom stereocenters. The number of nitrogens with two attached hydrogens (primary N) is 2. The van der Waals surface area contributed by atoms with Crippen molar-refractivity contribution < 1.29 is 9.32 Å². The van der Waals surface area contributed by atoms with Crippen LogP contribution < -0.4 is 22.5 Å². The highest BCUT2D eigenvalue weighted by Gasteiger charge is 2.44. The largest absolute Gasteiger partial charge is 0.459 e. The first kappa shape index (κ1) is 27.0. The van der Waals surface area contributed by atoms with Gasteiger partial charge in [-0.15, -0.1) is 0 Å². The first-order chi connectivity index (χ1) is 19.2. The number of amides is 1. The zero-order valence-corrected chi connectivity index (χ0v) is 22.3. The summed E-state index contributed by atoms with van der Waals surface area (Å²) >= 11 is 0. The van der Waals surface area contributed by atoms with Crippen LogP contribution in [0.15, 0.2) is 64.6 Å². The van der Waals surface area contributed by atoms with Gasteiger partial charge >= 0.3 is 5.76 Å². The molecule has 2 aliphatic rings. The first-order valence-electron chi connectivity index (χ1n) is 13.4. The number of aryl methyl sites for hydroxylation is 2. The van der Waals surface area contributed by atoms with Gasteiger partial charge < -0.3 is 26.2 Å².